The molecule has 1 aliphatic heterocycles. The number of aliphatic hydroxyl groups is 4. The first kappa shape index (κ1) is 21.5. The Balaban J connectivity index is 1.94. The van der Waals surface area contributed by atoms with Crippen LogP contribution < -0.4 is 0 Å². The molecule has 5 heteroatoms. The molecule has 0 spiro atoms. The Morgan fingerprint density at radius 1 is 1.00 bits per heavy atom. The number of hydrogen-bond donors (Lipinski definition) is 4. The van der Waals surface area contributed by atoms with Gasteiger partial charge in [-0.3, -0.25) is 0 Å². The van der Waals surface area contributed by atoms with E-state index in [4.69, 9.17) is 11.2 Å². The second-order valence-electron chi connectivity index (χ2n) is 7.88. The van der Waals surface area contributed by atoms with Crippen molar-refractivity contribution < 1.29 is 25.2 Å². The summed E-state index contributed by atoms with van der Waals surface area (Å²) >= 11 is 0. The molecular formula is C24H28O5. The van der Waals surface area contributed by atoms with Crippen LogP contribution in [0.3, 0.4) is 0 Å². The summed E-state index contributed by atoms with van der Waals surface area (Å²) in [6.45, 7) is 3.79. The smallest absolute Gasteiger partial charge is 0.113 e. The SMILES string of the molecule is C#Cc1ccc(Cc2cc([C@@H]3O[C@H](CO)[C@@H](O)[C@H](O)[C@H]3O)ccc2C(C)C)cc1. The molecule has 1 fully saturated rings. The first-order chi connectivity index (χ1) is 13.8. The fourth-order valence-electron chi connectivity index (χ4n) is 3.83. The number of rotatable bonds is 5. The van der Waals surface area contributed by atoms with Gasteiger partial charge in [0.15, 0.2) is 0 Å². The molecular weight excluding hydrogens is 368 g/mol. The zero-order valence-electron chi connectivity index (χ0n) is 16.7. The summed E-state index contributed by atoms with van der Waals surface area (Å²) in [4.78, 5) is 0. The van der Waals surface area contributed by atoms with Gasteiger partial charge in [0.2, 0.25) is 0 Å². The Labute approximate surface area is 171 Å². The maximum absolute atomic E-state index is 10.5. The van der Waals surface area contributed by atoms with Gasteiger partial charge in [0.1, 0.15) is 30.5 Å². The fourth-order valence-corrected chi connectivity index (χ4v) is 3.83. The van der Waals surface area contributed by atoms with E-state index in [2.05, 4.69) is 19.8 Å². The Bertz CT molecular complexity index is 866. The standard InChI is InChI=1S/C24H28O5/c1-4-15-5-7-16(8-6-15)11-18-12-17(9-10-19(18)14(2)3)24-23(28)22(27)21(26)20(13-25)29-24/h1,5-10,12,14,20-28H,11,13H2,2-3H3/t20-,21-,22+,23-,24+/m1/s1. The predicted molar refractivity (Wildman–Crippen MR) is 110 cm³/mol. The third-order valence-corrected chi connectivity index (χ3v) is 5.53. The topological polar surface area (TPSA) is 90.2 Å². The van der Waals surface area contributed by atoms with Crippen LogP contribution >= 0.6 is 0 Å². The maximum Gasteiger partial charge on any atom is 0.113 e. The van der Waals surface area contributed by atoms with E-state index in [1.165, 1.54) is 5.56 Å². The van der Waals surface area contributed by atoms with Crippen LogP contribution in [0.4, 0.5) is 0 Å². The van der Waals surface area contributed by atoms with Crippen LogP contribution in [0, 0.1) is 12.3 Å². The molecule has 0 radical (unpaired) electrons. The number of aliphatic hydroxyl groups excluding tert-OH is 4. The number of benzene rings is 2. The summed E-state index contributed by atoms with van der Waals surface area (Å²) in [7, 11) is 0. The van der Waals surface area contributed by atoms with Gasteiger partial charge in [-0.1, -0.05) is 50.1 Å². The minimum absolute atomic E-state index is 0.304. The molecule has 0 bridgehead atoms. The van der Waals surface area contributed by atoms with Gasteiger partial charge in [0.05, 0.1) is 6.61 Å². The Morgan fingerprint density at radius 3 is 2.28 bits per heavy atom. The summed E-state index contributed by atoms with van der Waals surface area (Å²) in [5.74, 6) is 2.92. The van der Waals surface area contributed by atoms with Crippen molar-refractivity contribution in [3.63, 3.8) is 0 Å². The van der Waals surface area contributed by atoms with Crippen molar-refractivity contribution in [2.75, 3.05) is 6.61 Å². The van der Waals surface area contributed by atoms with E-state index in [1.54, 1.807) is 0 Å². The summed E-state index contributed by atoms with van der Waals surface area (Å²) in [5.41, 5.74) is 4.90. The van der Waals surface area contributed by atoms with Gasteiger partial charge in [-0.05, 0) is 46.7 Å². The normalized spacial score (nSPS) is 27.0. The van der Waals surface area contributed by atoms with Crippen molar-refractivity contribution in [1.29, 1.82) is 0 Å². The lowest BCUT2D eigenvalue weighted by atomic mass is 9.86. The number of hydrogen-bond acceptors (Lipinski definition) is 5. The molecule has 1 aliphatic rings. The molecule has 3 rings (SSSR count). The van der Waals surface area contributed by atoms with Crippen LogP contribution in [0.15, 0.2) is 42.5 Å². The van der Waals surface area contributed by atoms with Gasteiger partial charge >= 0.3 is 0 Å². The van der Waals surface area contributed by atoms with E-state index < -0.39 is 37.1 Å². The lowest BCUT2D eigenvalue weighted by Crippen LogP contribution is -2.55. The average Bonchev–Trinajstić information content (AvgIpc) is 2.72. The van der Waals surface area contributed by atoms with E-state index in [9.17, 15) is 20.4 Å². The molecule has 2 aromatic rings. The molecule has 154 valence electrons. The maximum atomic E-state index is 10.5. The highest BCUT2D eigenvalue weighted by molar-refractivity contribution is 5.41. The van der Waals surface area contributed by atoms with Gasteiger partial charge in [0.25, 0.3) is 0 Å². The van der Waals surface area contributed by atoms with Crippen molar-refractivity contribution in [2.24, 2.45) is 0 Å². The molecule has 0 amide bonds. The highest BCUT2D eigenvalue weighted by Gasteiger charge is 2.44. The first-order valence-corrected chi connectivity index (χ1v) is 9.84. The highest BCUT2D eigenvalue weighted by Crippen LogP contribution is 2.34. The fraction of sp³-hybridized carbons (Fsp3) is 0.417. The van der Waals surface area contributed by atoms with Crippen LogP contribution in [-0.2, 0) is 11.2 Å². The zero-order chi connectivity index (χ0) is 21.1. The van der Waals surface area contributed by atoms with Gasteiger partial charge in [-0.15, -0.1) is 6.42 Å². The number of terminal acetylenes is 1. The molecule has 0 aromatic heterocycles. The summed E-state index contributed by atoms with van der Waals surface area (Å²) in [5, 5.41) is 40.0. The molecule has 1 saturated heterocycles. The lowest BCUT2D eigenvalue weighted by molar-refractivity contribution is -0.231. The Morgan fingerprint density at radius 2 is 1.69 bits per heavy atom. The lowest BCUT2D eigenvalue weighted by Gasteiger charge is -2.40. The molecule has 5 nitrogen and oxygen atoms in total. The minimum Gasteiger partial charge on any atom is -0.394 e. The van der Waals surface area contributed by atoms with Gasteiger partial charge in [-0.2, -0.15) is 0 Å². The second-order valence-corrected chi connectivity index (χ2v) is 7.88. The summed E-state index contributed by atoms with van der Waals surface area (Å²) < 4.78 is 5.72. The number of ether oxygens (including phenoxy) is 1. The molecule has 1 heterocycles. The molecule has 4 N–H and O–H groups in total. The van der Waals surface area contributed by atoms with E-state index in [1.807, 2.05) is 42.5 Å². The molecule has 5 atom stereocenters. The van der Waals surface area contributed by atoms with Gasteiger partial charge in [-0.25, -0.2) is 0 Å². The van der Waals surface area contributed by atoms with Gasteiger partial charge < -0.3 is 25.2 Å². The Kier molecular flexibility index (Phi) is 6.74. The van der Waals surface area contributed by atoms with Crippen molar-refractivity contribution in [3.8, 4) is 12.3 Å². The van der Waals surface area contributed by atoms with E-state index >= 15 is 0 Å². The van der Waals surface area contributed by atoms with Gasteiger partial charge in [0, 0.05) is 5.56 Å². The van der Waals surface area contributed by atoms with Crippen molar-refractivity contribution >= 4 is 0 Å². The van der Waals surface area contributed by atoms with Crippen molar-refractivity contribution in [1.82, 2.24) is 0 Å². The third-order valence-electron chi connectivity index (χ3n) is 5.53. The second kappa shape index (κ2) is 9.08. The third kappa shape index (κ3) is 4.53. The molecule has 0 saturated carbocycles. The molecule has 2 aromatic carbocycles. The quantitative estimate of drug-likeness (QED) is 0.580. The van der Waals surface area contributed by atoms with Crippen molar-refractivity contribution in [3.05, 3.63) is 70.3 Å². The zero-order valence-corrected chi connectivity index (χ0v) is 16.7. The highest BCUT2D eigenvalue weighted by atomic mass is 16.5. The van der Waals surface area contributed by atoms with Crippen LogP contribution in [-0.4, -0.2) is 51.4 Å². The minimum atomic E-state index is -1.39. The van der Waals surface area contributed by atoms with Crippen LogP contribution in [0.5, 0.6) is 0 Å². The predicted octanol–water partition coefficient (Wildman–Crippen LogP) is 1.90. The Hall–Kier alpha value is -2.20. The van der Waals surface area contributed by atoms with E-state index in [0.717, 1.165) is 16.7 Å². The molecule has 29 heavy (non-hydrogen) atoms. The van der Waals surface area contributed by atoms with E-state index in [-0.39, 0.29) is 0 Å². The largest absolute Gasteiger partial charge is 0.394 e. The van der Waals surface area contributed by atoms with Crippen LogP contribution in [0.2, 0.25) is 0 Å². The first-order valence-electron chi connectivity index (χ1n) is 9.84. The monoisotopic (exact) mass is 396 g/mol. The van der Waals surface area contributed by atoms with E-state index in [0.29, 0.717) is 17.9 Å². The summed E-state index contributed by atoms with van der Waals surface area (Å²) in [6.07, 6.45) is 0.300. The van der Waals surface area contributed by atoms with Crippen molar-refractivity contribution in [2.45, 2.75) is 56.7 Å². The molecule has 0 aliphatic carbocycles. The molecule has 0 unspecified atom stereocenters. The van der Waals surface area contributed by atoms with Crippen LogP contribution in [0.1, 0.15) is 53.7 Å². The van der Waals surface area contributed by atoms with Crippen LogP contribution in [0.25, 0.3) is 0 Å². The summed E-state index contributed by atoms with van der Waals surface area (Å²) in [6, 6.07) is 13.7. The average molecular weight is 396 g/mol.